The topological polar surface area (TPSA) is 0 Å². The third-order valence-electron chi connectivity index (χ3n) is 4.06. The molecule has 1 aromatic carbocycles. The normalized spacial score (nSPS) is 10.9. The number of benzene rings is 1. The van der Waals surface area contributed by atoms with E-state index < -0.39 is 0 Å². The first kappa shape index (κ1) is 17.3. The van der Waals surface area contributed by atoms with Gasteiger partial charge in [0, 0.05) is 0 Å². The lowest BCUT2D eigenvalue weighted by atomic mass is 10.0. The van der Waals surface area contributed by atoms with Crippen LogP contribution in [0.5, 0.6) is 0 Å². The van der Waals surface area contributed by atoms with E-state index >= 15 is 0 Å². The first-order valence-corrected chi connectivity index (χ1v) is 8.74. The van der Waals surface area contributed by atoms with Gasteiger partial charge >= 0.3 is 0 Å². The fourth-order valence-corrected chi connectivity index (χ4v) is 2.66. The van der Waals surface area contributed by atoms with Crippen LogP contribution in [0.2, 0.25) is 0 Å². The molecule has 1 radical (unpaired) electrons. The van der Waals surface area contributed by atoms with Crippen molar-refractivity contribution in [1.29, 1.82) is 0 Å². The van der Waals surface area contributed by atoms with Crippen LogP contribution in [0.1, 0.15) is 82.3 Å². The Kier molecular flexibility index (Phi) is 10.4. The summed E-state index contributed by atoms with van der Waals surface area (Å²) < 4.78 is 0. The van der Waals surface area contributed by atoms with E-state index in [1.807, 2.05) is 0 Å². The second-order valence-corrected chi connectivity index (χ2v) is 6.00. The summed E-state index contributed by atoms with van der Waals surface area (Å²) in [4.78, 5) is 0. The maximum atomic E-state index is 3.89. The molecule has 0 aliphatic carbocycles. The molecule has 0 heteroatoms. The highest BCUT2D eigenvalue weighted by atomic mass is 14.0. The molecule has 20 heavy (non-hydrogen) atoms. The predicted octanol–water partition coefficient (Wildman–Crippen LogP) is 6.53. The van der Waals surface area contributed by atoms with Crippen LogP contribution in [0.25, 0.3) is 0 Å². The van der Waals surface area contributed by atoms with Gasteiger partial charge in [0.15, 0.2) is 0 Å². The highest BCUT2D eigenvalue weighted by Crippen LogP contribution is 2.13. The maximum absolute atomic E-state index is 3.89. The Hall–Kier alpha value is -0.780. The zero-order chi connectivity index (χ0) is 14.5. The van der Waals surface area contributed by atoms with Gasteiger partial charge in [-0.15, -0.1) is 0 Å². The van der Waals surface area contributed by atoms with Gasteiger partial charge in [-0.05, 0) is 36.8 Å². The summed E-state index contributed by atoms with van der Waals surface area (Å²) in [5.74, 6) is 0. The smallest absolute Gasteiger partial charge is 0.0279 e. The summed E-state index contributed by atoms with van der Waals surface area (Å²) in [6, 6.07) is 9.33. The number of hydrogen-bond donors (Lipinski definition) is 0. The molecule has 0 saturated carbocycles. The molecular formula is C20H33. The lowest BCUT2D eigenvalue weighted by Gasteiger charge is -2.05. The lowest BCUT2D eigenvalue weighted by molar-refractivity contribution is 0.607. The van der Waals surface area contributed by atoms with Crippen molar-refractivity contribution in [2.24, 2.45) is 0 Å². The van der Waals surface area contributed by atoms with Crippen molar-refractivity contribution in [2.75, 3.05) is 0 Å². The molecule has 0 aromatic heterocycles. The number of rotatable bonds is 12. The molecule has 0 spiro atoms. The third kappa shape index (κ3) is 8.40. The van der Waals surface area contributed by atoms with E-state index in [1.54, 1.807) is 0 Å². The minimum absolute atomic E-state index is 1.08. The average Bonchev–Trinajstić information content (AvgIpc) is 2.49. The van der Waals surface area contributed by atoms with Crippen LogP contribution in [0, 0.1) is 6.92 Å². The lowest BCUT2D eigenvalue weighted by Crippen LogP contribution is -1.89. The zero-order valence-electron chi connectivity index (χ0n) is 13.5. The molecule has 0 N–H and O–H groups in total. The van der Waals surface area contributed by atoms with Crippen molar-refractivity contribution in [3.63, 3.8) is 0 Å². The summed E-state index contributed by atoms with van der Waals surface area (Å²) >= 11 is 0. The summed E-state index contributed by atoms with van der Waals surface area (Å²) in [6.07, 6.45) is 15.8. The standard InChI is InChI=1S/C20H33/c1-3-5-7-9-10-12-14-20-17-15-19(16-18-20)13-11-8-6-4-2/h15-18H,2-14H2,1H3. The summed E-state index contributed by atoms with van der Waals surface area (Å²) in [5, 5.41) is 0. The molecule has 0 heterocycles. The van der Waals surface area contributed by atoms with Crippen molar-refractivity contribution < 1.29 is 0 Å². The van der Waals surface area contributed by atoms with Gasteiger partial charge < -0.3 is 0 Å². The van der Waals surface area contributed by atoms with Crippen LogP contribution in [0.15, 0.2) is 24.3 Å². The average molecular weight is 273 g/mol. The van der Waals surface area contributed by atoms with Crippen LogP contribution >= 0.6 is 0 Å². The Bertz CT molecular complexity index is 309. The second kappa shape index (κ2) is 12.0. The van der Waals surface area contributed by atoms with E-state index in [1.165, 1.54) is 81.8 Å². The highest BCUT2D eigenvalue weighted by molar-refractivity contribution is 5.22. The molecule has 0 fully saturated rings. The molecule has 1 rings (SSSR count). The third-order valence-corrected chi connectivity index (χ3v) is 4.06. The monoisotopic (exact) mass is 273 g/mol. The minimum atomic E-state index is 1.08. The van der Waals surface area contributed by atoms with Crippen LogP contribution in [-0.4, -0.2) is 0 Å². The van der Waals surface area contributed by atoms with E-state index in [2.05, 4.69) is 38.1 Å². The van der Waals surface area contributed by atoms with Crippen molar-refractivity contribution in [1.82, 2.24) is 0 Å². The number of aryl methyl sites for hydroxylation is 2. The molecule has 0 atom stereocenters. The molecule has 0 nitrogen and oxygen atoms in total. The van der Waals surface area contributed by atoms with Crippen molar-refractivity contribution in [3.8, 4) is 0 Å². The fourth-order valence-electron chi connectivity index (χ4n) is 2.66. The Morgan fingerprint density at radius 3 is 1.60 bits per heavy atom. The minimum Gasteiger partial charge on any atom is -0.0654 e. The molecular weight excluding hydrogens is 240 g/mol. The summed E-state index contributed by atoms with van der Waals surface area (Å²) in [6.45, 7) is 6.17. The molecule has 0 saturated heterocycles. The SMILES string of the molecule is [CH2]CCCCCc1ccc(CCCCCCCC)cc1. The van der Waals surface area contributed by atoms with Crippen molar-refractivity contribution >= 4 is 0 Å². The molecule has 0 bridgehead atoms. The van der Waals surface area contributed by atoms with Gasteiger partial charge in [-0.1, -0.05) is 89.5 Å². The van der Waals surface area contributed by atoms with E-state index in [4.69, 9.17) is 0 Å². The number of unbranched alkanes of at least 4 members (excludes halogenated alkanes) is 8. The van der Waals surface area contributed by atoms with Gasteiger partial charge in [0.1, 0.15) is 0 Å². The van der Waals surface area contributed by atoms with E-state index in [-0.39, 0.29) is 0 Å². The van der Waals surface area contributed by atoms with E-state index in [0.717, 1.165) is 6.42 Å². The molecule has 0 unspecified atom stereocenters. The first-order valence-electron chi connectivity index (χ1n) is 8.74. The largest absolute Gasteiger partial charge is 0.0654 e. The highest BCUT2D eigenvalue weighted by Gasteiger charge is 1.97. The Morgan fingerprint density at radius 2 is 1.10 bits per heavy atom. The van der Waals surface area contributed by atoms with Crippen LogP contribution in [0.3, 0.4) is 0 Å². The summed E-state index contributed by atoms with van der Waals surface area (Å²) in [5.41, 5.74) is 3.02. The van der Waals surface area contributed by atoms with Crippen LogP contribution < -0.4 is 0 Å². The van der Waals surface area contributed by atoms with Gasteiger partial charge in [-0.3, -0.25) is 0 Å². The molecule has 0 aliphatic rings. The molecule has 1 aromatic rings. The molecule has 113 valence electrons. The Morgan fingerprint density at radius 1 is 0.650 bits per heavy atom. The van der Waals surface area contributed by atoms with Gasteiger partial charge in [-0.25, -0.2) is 0 Å². The van der Waals surface area contributed by atoms with E-state index in [9.17, 15) is 0 Å². The van der Waals surface area contributed by atoms with Crippen LogP contribution in [-0.2, 0) is 12.8 Å². The fraction of sp³-hybridized carbons (Fsp3) is 0.650. The molecule has 0 amide bonds. The van der Waals surface area contributed by atoms with Gasteiger partial charge in [0.25, 0.3) is 0 Å². The Labute approximate surface area is 127 Å². The predicted molar refractivity (Wildman–Crippen MR) is 91.1 cm³/mol. The zero-order valence-corrected chi connectivity index (χ0v) is 13.5. The molecule has 0 aliphatic heterocycles. The maximum Gasteiger partial charge on any atom is -0.0279 e. The second-order valence-electron chi connectivity index (χ2n) is 6.00. The van der Waals surface area contributed by atoms with Gasteiger partial charge in [0.05, 0.1) is 0 Å². The van der Waals surface area contributed by atoms with Crippen molar-refractivity contribution in [2.45, 2.75) is 84.0 Å². The van der Waals surface area contributed by atoms with Crippen LogP contribution in [0.4, 0.5) is 0 Å². The number of hydrogen-bond acceptors (Lipinski definition) is 0. The first-order chi connectivity index (χ1) is 9.86. The quantitative estimate of drug-likeness (QED) is 0.380. The van der Waals surface area contributed by atoms with E-state index in [0.29, 0.717) is 0 Å². The van der Waals surface area contributed by atoms with Gasteiger partial charge in [-0.2, -0.15) is 0 Å². The summed E-state index contributed by atoms with van der Waals surface area (Å²) in [7, 11) is 0. The van der Waals surface area contributed by atoms with Gasteiger partial charge in [0.2, 0.25) is 0 Å². The van der Waals surface area contributed by atoms with Crippen molar-refractivity contribution in [3.05, 3.63) is 42.3 Å². The Balaban J connectivity index is 2.12.